The number of rotatable bonds is 8. The first-order valence-corrected chi connectivity index (χ1v) is 10.5. The van der Waals surface area contributed by atoms with Crippen molar-refractivity contribution in [3.8, 4) is 5.75 Å². The predicted octanol–water partition coefficient (Wildman–Crippen LogP) is 3.48. The minimum atomic E-state index is -0.267. The molecule has 0 spiro atoms. The molecule has 29 heavy (non-hydrogen) atoms. The number of carbonyl (C=O) groups is 2. The number of halogens is 1. The molecule has 1 unspecified atom stereocenters. The van der Waals surface area contributed by atoms with Crippen molar-refractivity contribution < 1.29 is 14.3 Å². The maximum atomic E-state index is 12.4. The van der Waals surface area contributed by atoms with Gasteiger partial charge in [-0.05, 0) is 77.1 Å². The summed E-state index contributed by atoms with van der Waals surface area (Å²) in [6.45, 7) is 1.51. The van der Waals surface area contributed by atoms with Crippen LogP contribution in [0.25, 0.3) is 0 Å². The van der Waals surface area contributed by atoms with E-state index in [1.54, 1.807) is 7.11 Å². The first-order valence-electron chi connectivity index (χ1n) is 9.71. The molecular weight excluding hydrogens is 434 g/mol. The standard InChI is InChI=1S/C22H26BrN3O3/c1-29-20-9-7-15(13-18(20)23)8-10-21(27)25-17-5-2-4-16(12-17)14-26-11-3-6-19(26)22(24)28/h2,4-5,7,9,12-13,19H,3,6,8,10-11,14H2,1H3,(H2,24,28)(H,25,27). The molecule has 1 atom stereocenters. The third-order valence-corrected chi connectivity index (χ3v) is 5.77. The van der Waals surface area contributed by atoms with Crippen LogP contribution in [0.3, 0.4) is 0 Å². The number of amides is 2. The van der Waals surface area contributed by atoms with Crippen molar-refractivity contribution in [3.05, 3.63) is 58.1 Å². The monoisotopic (exact) mass is 459 g/mol. The van der Waals surface area contributed by atoms with Gasteiger partial charge in [0.15, 0.2) is 0 Å². The summed E-state index contributed by atoms with van der Waals surface area (Å²) in [6, 6.07) is 13.4. The average molecular weight is 460 g/mol. The molecule has 1 heterocycles. The highest BCUT2D eigenvalue weighted by Crippen LogP contribution is 2.26. The summed E-state index contributed by atoms with van der Waals surface area (Å²) in [5.41, 5.74) is 8.37. The number of anilines is 1. The lowest BCUT2D eigenvalue weighted by atomic mass is 10.1. The van der Waals surface area contributed by atoms with Crippen molar-refractivity contribution in [3.63, 3.8) is 0 Å². The van der Waals surface area contributed by atoms with Crippen LogP contribution in [0, 0.1) is 0 Å². The van der Waals surface area contributed by atoms with E-state index < -0.39 is 0 Å². The number of aryl methyl sites for hydroxylation is 1. The van der Waals surface area contributed by atoms with Gasteiger partial charge in [0, 0.05) is 18.7 Å². The highest BCUT2D eigenvalue weighted by molar-refractivity contribution is 9.10. The highest BCUT2D eigenvalue weighted by atomic mass is 79.9. The molecule has 2 aromatic carbocycles. The second kappa shape index (κ2) is 9.89. The molecule has 1 aliphatic rings. The number of carbonyl (C=O) groups excluding carboxylic acids is 2. The third kappa shape index (κ3) is 5.81. The number of nitrogens with two attached hydrogens (primary N) is 1. The summed E-state index contributed by atoms with van der Waals surface area (Å²) in [5.74, 6) is 0.467. The Morgan fingerprint density at radius 2 is 2.07 bits per heavy atom. The first kappa shape index (κ1) is 21.3. The van der Waals surface area contributed by atoms with Gasteiger partial charge in [-0.2, -0.15) is 0 Å². The largest absolute Gasteiger partial charge is 0.496 e. The summed E-state index contributed by atoms with van der Waals surface area (Å²) in [7, 11) is 1.62. The normalized spacial score (nSPS) is 16.6. The fourth-order valence-electron chi connectivity index (χ4n) is 3.67. The Kier molecular flexibility index (Phi) is 7.28. The number of likely N-dealkylation sites (tertiary alicyclic amines) is 1. The molecule has 1 saturated heterocycles. The molecule has 0 saturated carbocycles. The zero-order valence-corrected chi connectivity index (χ0v) is 18.1. The van der Waals surface area contributed by atoms with Crippen molar-refractivity contribution in [2.75, 3.05) is 19.0 Å². The van der Waals surface area contributed by atoms with Crippen molar-refractivity contribution >= 4 is 33.4 Å². The van der Waals surface area contributed by atoms with E-state index in [1.165, 1.54) is 0 Å². The van der Waals surface area contributed by atoms with Crippen LogP contribution in [0.1, 0.15) is 30.4 Å². The number of benzene rings is 2. The Labute approximate surface area is 179 Å². The number of hydrogen-bond donors (Lipinski definition) is 2. The van der Waals surface area contributed by atoms with Gasteiger partial charge in [-0.1, -0.05) is 18.2 Å². The van der Waals surface area contributed by atoms with Crippen LogP contribution in [0.4, 0.5) is 5.69 Å². The van der Waals surface area contributed by atoms with Crippen molar-refractivity contribution in [2.24, 2.45) is 5.73 Å². The van der Waals surface area contributed by atoms with Crippen LogP contribution >= 0.6 is 15.9 Å². The van der Waals surface area contributed by atoms with E-state index in [-0.39, 0.29) is 17.9 Å². The molecule has 3 N–H and O–H groups in total. The van der Waals surface area contributed by atoms with Gasteiger partial charge in [0.1, 0.15) is 5.75 Å². The molecule has 0 aromatic heterocycles. The van der Waals surface area contributed by atoms with Crippen LogP contribution in [-0.4, -0.2) is 36.4 Å². The van der Waals surface area contributed by atoms with E-state index >= 15 is 0 Å². The Hall–Kier alpha value is -2.38. The highest BCUT2D eigenvalue weighted by Gasteiger charge is 2.28. The molecule has 7 heteroatoms. The summed E-state index contributed by atoms with van der Waals surface area (Å²) >= 11 is 3.47. The minimum absolute atomic E-state index is 0.0368. The SMILES string of the molecule is COc1ccc(CCC(=O)Nc2cccc(CN3CCCC3C(N)=O)c2)cc1Br. The lowest BCUT2D eigenvalue weighted by Gasteiger charge is -2.22. The van der Waals surface area contributed by atoms with Gasteiger partial charge in [-0.15, -0.1) is 0 Å². The summed E-state index contributed by atoms with van der Waals surface area (Å²) in [4.78, 5) is 26.0. The van der Waals surface area contributed by atoms with Gasteiger partial charge in [-0.25, -0.2) is 0 Å². The number of nitrogens with zero attached hydrogens (tertiary/aromatic N) is 1. The molecule has 3 rings (SSSR count). The lowest BCUT2D eigenvalue weighted by Crippen LogP contribution is -2.39. The van der Waals surface area contributed by atoms with Crippen LogP contribution in [0.5, 0.6) is 5.75 Å². The smallest absolute Gasteiger partial charge is 0.234 e. The fraction of sp³-hybridized carbons (Fsp3) is 0.364. The van der Waals surface area contributed by atoms with Crippen molar-refractivity contribution in [1.29, 1.82) is 0 Å². The first-order chi connectivity index (χ1) is 14.0. The molecule has 2 aromatic rings. The van der Waals surface area contributed by atoms with Gasteiger partial charge >= 0.3 is 0 Å². The quantitative estimate of drug-likeness (QED) is 0.632. The van der Waals surface area contributed by atoms with E-state index in [9.17, 15) is 9.59 Å². The van der Waals surface area contributed by atoms with Crippen LogP contribution in [0.15, 0.2) is 46.9 Å². The number of hydrogen-bond acceptors (Lipinski definition) is 4. The Bertz CT molecular complexity index is 887. The second-order valence-electron chi connectivity index (χ2n) is 7.25. The van der Waals surface area contributed by atoms with Crippen LogP contribution in [-0.2, 0) is 22.6 Å². The van der Waals surface area contributed by atoms with Gasteiger partial charge in [0.2, 0.25) is 11.8 Å². The van der Waals surface area contributed by atoms with Crippen LogP contribution in [0.2, 0.25) is 0 Å². The van der Waals surface area contributed by atoms with Crippen molar-refractivity contribution in [1.82, 2.24) is 4.90 Å². The van der Waals surface area contributed by atoms with Gasteiger partial charge < -0.3 is 15.8 Å². The molecule has 2 amide bonds. The topological polar surface area (TPSA) is 84.7 Å². The second-order valence-corrected chi connectivity index (χ2v) is 8.10. The Morgan fingerprint density at radius 1 is 1.24 bits per heavy atom. The Morgan fingerprint density at radius 3 is 2.79 bits per heavy atom. The van der Waals surface area contributed by atoms with E-state index in [0.29, 0.717) is 19.4 Å². The number of methoxy groups -OCH3 is 1. The van der Waals surface area contributed by atoms with E-state index in [4.69, 9.17) is 10.5 Å². The Balaban J connectivity index is 1.55. The maximum Gasteiger partial charge on any atom is 0.234 e. The lowest BCUT2D eigenvalue weighted by molar-refractivity contribution is -0.122. The van der Waals surface area contributed by atoms with Gasteiger partial charge in [0.05, 0.1) is 17.6 Å². The fourth-order valence-corrected chi connectivity index (χ4v) is 4.25. The number of primary amides is 1. The number of ether oxygens (including phenoxy) is 1. The minimum Gasteiger partial charge on any atom is -0.496 e. The molecule has 0 bridgehead atoms. The summed E-state index contributed by atoms with van der Waals surface area (Å²) in [6.07, 6.45) is 2.82. The van der Waals surface area contributed by atoms with Gasteiger partial charge in [0.25, 0.3) is 0 Å². The molecule has 154 valence electrons. The summed E-state index contributed by atoms with van der Waals surface area (Å²) < 4.78 is 6.10. The summed E-state index contributed by atoms with van der Waals surface area (Å²) in [5, 5.41) is 2.96. The number of nitrogens with one attached hydrogen (secondary N) is 1. The maximum absolute atomic E-state index is 12.4. The molecule has 1 fully saturated rings. The van der Waals surface area contributed by atoms with E-state index in [2.05, 4.69) is 26.1 Å². The van der Waals surface area contributed by atoms with Crippen molar-refractivity contribution in [2.45, 2.75) is 38.3 Å². The molecule has 6 nitrogen and oxygen atoms in total. The predicted molar refractivity (Wildman–Crippen MR) is 117 cm³/mol. The molecule has 0 radical (unpaired) electrons. The molecule has 0 aliphatic carbocycles. The van der Waals surface area contributed by atoms with E-state index in [0.717, 1.165) is 46.4 Å². The van der Waals surface area contributed by atoms with E-state index in [1.807, 2.05) is 42.5 Å². The third-order valence-electron chi connectivity index (χ3n) is 5.15. The molecular formula is C22H26BrN3O3. The molecule has 1 aliphatic heterocycles. The van der Waals surface area contributed by atoms with Gasteiger partial charge in [-0.3, -0.25) is 14.5 Å². The zero-order valence-electron chi connectivity index (χ0n) is 16.5. The average Bonchev–Trinajstić information content (AvgIpc) is 3.15. The zero-order chi connectivity index (χ0) is 20.8. The van der Waals surface area contributed by atoms with Crippen LogP contribution < -0.4 is 15.8 Å².